The Bertz CT molecular complexity index is 438. The van der Waals surface area contributed by atoms with Crippen LogP contribution in [0.15, 0.2) is 42.2 Å². The zero-order valence-corrected chi connectivity index (χ0v) is 10.2. The van der Waals surface area contributed by atoms with Gasteiger partial charge in [0, 0.05) is 0 Å². The van der Waals surface area contributed by atoms with Crippen molar-refractivity contribution in [3.05, 3.63) is 47.7 Å². The zero-order chi connectivity index (χ0) is 13.0. The maximum atomic E-state index is 11.3. The van der Waals surface area contributed by atoms with Gasteiger partial charge in [0.25, 0.3) is 0 Å². The molecule has 0 radical (unpaired) electrons. The van der Waals surface area contributed by atoms with E-state index in [1.165, 1.54) is 13.2 Å². The Morgan fingerprint density at radius 2 is 2.06 bits per heavy atom. The van der Waals surface area contributed by atoms with Crippen LogP contribution in [0.5, 0.6) is 0 Å². The Morgan fingerprint density at radius 1 is 1.33 bits per heavy atom. The Morgan fingerprint density at radius 3 is 2.72 bits per heavy atom. The number of aryl methyl sites for hydroxylation is 1. The summed E-state index contributed by atoms with van der Waals surface area (Å²) in [5.41, 5.74) is 1.15. The lowest BCUT2D eigenvalue weighted by Gasteiger charge is -2.27. The molecule has 1 aromatic carbocycles. The topological polar surface area (TPSA) is 55.8 Å². The Balaban J connectivity index is 1.98. The van der Waals surface area contributed by atoms with Gasteiger partial charge in [-0.3, -0.25) is 0 Å². The highest BCUT2D eigenvalue weighted by molar-refractivity contribution is 5.83. The molecule has 4 nitrogen and oxygen atoms in total. The lowest BCUT2D eigenvalue weighted by molar-refractivity contribution is -0.153. The van der Waals surface area contributed by atoms with Crippen LogP contribution in [0.3, 0.4) is 0 Å². The number of hydrogen-bond acceptors (Lipinski definition) is 4. The van der Waals surface area contributed by atoms with Crippen molar-refractivity contribution in [1.82, 2.24) is 0 Å². The maximum Gasteiger partial charge on any atom is 0.334 e. The van der Waals surface area contributed by atoms with Gasteiger partial charge in [0.1, 0.15) is 18.0 Å². The molecule has 0 saturated heterocycles. The van der Waals surface area contributed by atoms with E-state index in [4.69, 9.17) is 9.47 Å². The van der Waals surface area contributed by atoms with E-state index in [-0.39, 0.29) is 5.76 Å². The van der Waals surface area contributed by atoms with E-state index in [1.54, 1.807) is 0 Å². The molecule has 18 heavy (non-hydrogen) atoms. The van der Waals surface area contributed by atoms with Gasteiger partial charge in [-0.25, -0.2) is 4.79 Å². The minimum atomic E-state index is -0.878. The number of esters is 1. The van der Waals surface area contributed by atoms with E-state index in [0.29, 0.717) is 6.42 Å². The van der Waals surface area contributed by atoms with Crippen molar-refractivity contribution in [1.29, 1.82) is 0 Å². The number of carbonyl (C=O) groups is 1. The van der Waals surface area contributed by atoms with Crippen LogP contribution in [-0.4, -0.2) is 30.4 Å². The fourth-order valence-electron chi connectivity index (χ4n) is 1.98. The van der Waals surface area contributed by atoms with Gasteiger partial charge in [0.05, 0.1) is 13.2 Å². The predicted octanol–water partition coefficient (Wildman–Crippen LogP) is 1.44. The third-order valence-electron chi connectivity index (χ3n) is 2.97. The molecular formula is C14H16O4. The second kappa shape index (κ2) is 5.69. The molecule has 0 bridgehead atoms. The molecule has 2 rings (SSSR count). The minimum absolute atomic E-state index is 0.268. The van der Waals surface area contributed by atoms with Crippen LogP contribution >= 0.6 is 0 Å². The average molecular weight is 248 g/mol. The first kappa shape index (κ1) is 12.6. The summed E-state index contributed by atoms with van der Waals surface area (Å²) in [7, 11) is 1.43. The van der Waals surface area contributed by atoms with E-state index in [0.717, 1.165) is 12.0 Å². The summed E-state index contributed by atoms with van der Waals surface area (Å²) in [6.07, 6.45) is 1.07. The van der Waals surface area contributed by atoms with Gasteiger partial charge >= 0.3 is 5.97 Å². The quantitative estimate of drug-likeness (QED) is 0.819. The average Bonchev–Trinajstić information content (AvgIpc) is 2.40. The molecule has 0 fully saturated rings. The molecule has 1 heterocycles. The highest BCUT2D eigenvalue weighted by atomic mass is 16.6. The number of ether oxygens (including phenoxy) is 2. The largest absolute Gasteiger partial charge is 0.498 e. The van der Waals surface area contributed by atoms with Crippen molar-refractivity contribution in [2.75, 3.05) is 7.11 Å². The van der Waals surface area contributed by atoms with Gasteiger partial charge in [-0.15, -0.1) is 0 Å². The highest BCUT2D eigenvalue weighted by Gasteiger charge is 2.31. The van der Waals surface area contributed by atoms with Gasteiger partial charge in [-0.05, 0) is 18.4 Å². The number of rotatable bonds is 4. The monoisotopic (exact) mass is 248 g/mol. The number of benzene rings is 1. The van der Waals surface area contributed by atoms with Crippen LogP contribution in [0.4, 0.5) is 0 Å². The second-order valence-corrected chi connectivity index (χ2v) is 4.20. The summed E-state index contributed by atoms with van der Waals surface area (Å²) in [4.78, 5) is 11.3. The summed E-state index contributed by atoms with van der Waals surface area (Å²) >= 11 is 0. The molecule has 4 heteroatoms. The fraction of sp³-hybridized carbons (Fsp3) is 0.357. The molecule has 0 aromatic heterocycles. The van der Waals surface area contributed by atoms with Gasteiger partial charge in [0.2, 0.25) is 0 Å². The molecule has 1 N–H and O–H groups in total. The van der Waals surface area contributed by atoms with Gasteiger partial charge in [0.15, 0.2) is 0 Å². The molecule has 96 valence electrons. The fourth-order valence-corrected chi connectivity index (χ4v) is 1.98. The zero-order valence-electron chi connectivity index (χ0n) is 10.2. The van der Waals surface area contributed by atoms with Crippen LogP contribution < -0.4 is 0 Å². The summed E-state index contributed by atoms with van der Waals surface area (Å²) in [5.74, 6) is -0.195. The van der Waals surface area contributed by atoms with Crippen LogP contribution in [0.2, 0.25) is 0 Å². The predicted molar refractivity (Wildman–Crippen MR) is 65.7 cm³/mol. The summed E-state index contributed by atoms with van der Waals surface area (Å²) in [5, 5.41) is 9.95. The molecule has 0 unspecified atom stereocenters. The van der Waals surface area contributed by atoms with Crippen LogP contribution in [0, 0.1) is 0 Å². The van der Waals surface area contributed by atoms with Crippen molar-refractivity contribution in [3.8, 4) is 0 Å². The molecule has 0 amide bonds. The Hall–Kier alpha value is -1.81. The second-order valence-electron chi connectivity index (χ2n) is 4.20. The summed E-state index contributed by atoms with van der Waals surface area (Å²) in [6, 6.07) is 9.87. The summed E-state index contributed by atoms with van der Waals surface area (Å²) < 4.78 is 10.1. The molecule has 0 spiro atoms. The minimum Gasteiger partial charge on any atom is -0.498 e. The van der Waals surface area contributed by atoms with Crippen LogP contribution in [0.25, 0.3) is 0 Å². The van der Waals surface area contributed by atoms with Crippen LogP contribution in [0.1, 0.15) is 12.0 Å². The van der Waals surface area contributed by atoms with E-state index in [9.17, 15) is 9.90 Å². The van der Waals surface area contributed by atoms with E-state index in [1.807, 2.05) is 30.3 Å². The summed E-state index contributed by atoms with van der Waals surface area (Å²) in [6.45, 7) is 0. The first-order chi connectivity index (χ1) is 8.70. The Labute approximate surface area is 106 Å². The maximum absolute atomic E-state index is 11.3. The molecule has 1 aliphatic heterocycles. The SMILES string of the molecule is COC1=CC(=O)O[C@H](CCc2ccccc2)[C@H]1O. The smallest absolute Gasteiger partial charge is 0.334 e. The van der Waals surface area contributed by atoms with Crippen molar-refractivity contribution >= 4 is 5.97 Å². The molecule has 1 aromatic rings. The van der Waals surface area contributed by atoms with E-state index < -0.39 is 18.2 Å². The van der Waals surface area contributed by atoms with Crippen molar-refractivity contribution < 1.29 is 19.4 Å². The first-order valence-electron chi connectivity index (χ1n) is 5.89. The van der Waals surface area contributed by atoms with Crippen molar-refractivity contribution in [2.45, 2.75) is 25.0 Å². The van der Waals surface area contributed by atoms with Gasteiger partial charge in [-0.1, -0.05) is 30.3 Å². The lowest BCUT2D eigenvalue weighted by Crippen LogP contribution is -2.37. The van der Waals surface area contributed by atoms with Crippen LogP contribution in [-0.2, 0) is 20.7 Å². The van der Waals surface area contributed by atoms with Crippen molar-refractivity contribution in [3.63, 3.8) is 0 Å². The third-order valence-corrected chi connectivity index (χ3v) is 2.97. The number of carbonyl (C=O) groups excluding carboxylic acids is 1. The molecule has 1 aliphatic rings. The molecule has 2 atom stereocenters. The van der Waals surface area contributed by atoms with E-state index >= 15 is 0 Å². The van der Waals surface area contributed by atoms with E-state index in [2.05, 4.69) is 0 Å². The normalized spacial score (nSPS) is 23.2. The number of methoxy groups -OCH3 is 1. The number of cyclic esters (lactones) is 1. The standard InChI is InChI=1S/C14H16O4/c1-17-12-9-13(15)18-11(14(12)16)8-7-10-5-3-2-4-6-10/h2-6,9,11,14,16H,7-8H2,1H3/t11-,14-/m1/s1. The first-order valence-corrected chi connectivity index (χ1v) is 5.89. The highest BCUT2D eigenvalue weighted by Crippen LogP contribution is 2.21. The Kier molecular flexibility index (Phi) is 3.99. The number of aliphatic hydroxyl groups is 1. The molecule has 0 aliphatic carbocycles. The molecule has 0 saturated carbocycles. The third kappa shape index (κ3) is 2.90. The number of hydrogen-bond donors (Lipinski definition) is 1. The van der Waals surface area contributed by atoms with Gasteiger partial charge < -0.3 is 14.6 Å². The molecular weight excluding hydrogens is 232 g/mol. The van der Waals surface area contributed by atoms with Gasteiger partial charge in [-0.2, -0.15) is 0 Å². The lowest BCUT2D eigenvalue weighted by atomic mass is 10.0. The number of aliphatic hydroxyl groups excluding tert-OH is 1. The van der Waals surface area contributed by atoms with Crippen molar-refractivity contribution in [2.24, 2.45) is 0 Å².